The monoisotopic (exact) mass is 491 g/mol. The number of nitrogens with one attached hydrogen (secondary N) is 2. The number of halogens is 1. The van der Waals surface area contributed by atoms with Crippen LogP contribution < -0.4 is 20.1 Å². The Balaban J connectivity index is 1.30. The van der Waals surface area contributed by atoms with Crippen molar-refractivity contribution in [2.24, 2.45) is 5.92 Å². The molecule has 2 atom stereocenters. The van der Waals surface area contributed by atoms with Gasteiger partial charge in [-0.05, 0) is 61.7 Å². The topological polar surface area (TPSA) is 114 Å². The number of carbonyl (C=O) groups excluding carboxylic acids is 2. The molecule has 0 aliphatic carbocycles. The van der Waals surface area contributed by atoms with Crippen LogP contribution in [-0.4, -0.2) is 50.5 Å². The Labute approximate surface area is 197 Å². The van der Waals surface area contributed by atoms with Crippen LogP contribution in [-0.2, 0) is 26.2 Å². The van der Waals surface area contributed by atoms with Crippen LogP contribution in [0.15, 0.2) is 47.4 Å². The summed E-state index contributed by atoms with van der Waals surface area (Å²) in [6.45, 7) is 2.26. The second-order valence-corrected chi connectivity index (χ2v) is 10.2. The van der Waals surface area contributed by atoms with Gasteiger partial charge in [0, 0.05) is 19.6 Å². The zero-order valence-corrected chi connectivity index (χ0v) is 19.4. The molecule has 2 N–H and O–H groups in total. The Morgan fingerprint density at radius 2 is 1.88 bits per heavy atom. The minimum atomic E-state index is -3.85. The highest BCUT2D eigenvalue weighted by molar-refractivity contribution is 7.89. The number of benzene rings is 2. The van der Waals surface area contributed by atoms with Crippen molar-refractivity contribution in [1.29, 1.82) is 0 Å². The first-order valence-electron chi connectivity index (χ1n) is 11.0. The summed E-state index contributed by atoms with van der Waals surface area (Å²) < 4.78 is 50.8. The molecular formula is C23H26FN3O6S. The molecule has 2 amide bonds. The van der Waals surface area contributed by atoms with Crippen molar-refractivity contribution < 1.29 is 31.9 Å². The van der Waals surface area contributed by atoms with Crippen LogP contribution in [0.2, 0.25) is 0 Å². The van der Waals surface area contributed by atoms with E-state index in [4.69, 9.17) is 9.47 Å². The number of piperidine rings is 1. The lowest BCUT2D eigenvalue weighted by Crippen LogP contribution is -2.50. The fourth-order valence-corrected chi connectivity index (χ4v) is 5.44. The molecule has 0 radical (unpaired) electrons. The Morgan fingerprint density at radius 3 is 2.65 bits per heavy atom. The van der Waals surface area contributed by atoms with Crippen LogP contribution in [0.4, 0.5) is 4.39 Å². The molecule has 0 spiro atoms. The summed E-state index contributed by atoms with van der Waals surface area (Å²) in [5.74, 6) is -0.597. The SMILES string of the molecule is C[C@H](NC(=O)[C@H]1CCCN(S(=O)(=O)c2ccc(F)cc2)C1)C(=O)NCc1ccc2c(c1)OCO2. The zero-order chi connectivity index (χ0) is 24.3. The van der Waals surface area contributed by atoms with Crippen LogP contribution in [0.25, 0.3) is 0 Å². The molecule has 9 nitrogen and oxygen atoms in total. The number of ether oxygens (including phenoxy) is 2. The highest BCUT2D eigenvalue weighted by Crippen LogP contribution is 2.32. The maximum absolute atomic E-state index is 13.2. The van der Waals surface area contributed by atoms with Gasteiger partial charge in [0.25, 0.3) is 0 Å². The van der Waals surface area contributed by atoms with Gasteiger partial charge < -0.3 is 20.1 Å². The van der Waals surface area contributed by atoms with Gasteiger partial charge in [0.2, 0.25) is 28.6 Å². The van der Waals surface area contributed by atoms with E-state index in [9.17, 15) is 22.4 Å². The lowest BCUT2D eigenvalue weighted by molar-refractivity contribution is -0.131. The first kappa shape index (κ1) is 24.0. The second kappa shape index (κ2) is 9.98. The molecule has 1 fully saturated rings. The summed E-state index contributed by atoms with van der Waals surface area (Å²) in [6.07, 6.45) is 1.01. The third kappa shape index (κ3) is 5.31. The predicted molar refractivity (Wildman–Crippen MR) is 120 cm³/mol. The molecule has 0 bridgehead atoms. The Morgan fingerprint density at radius 1 is 1.15 bits per heavy atom. The Bertz CT molecular complexity index is 1170. The van der Waals surface area contributed by atoms with E-state index in [0.29, 0.717) is 24.3 Å². The van der Waals surface area contributed by atoms with Gasteiger partial charge in [0.1, 0.15) is 11.9 Å². The molecule has 182 valence electrons. The van der Waals surface area contributed by atoms with Crippen LogP contribution >= 0.6 is 0 Å². The third-order valence-electron chi connectivity index (χ3n) is 5.86. The number of fused-ring (bicyclic) bond motifs is 1. The Hall–Kier alpha value is -3.18. The van der Waals surface area contributed by atoms with Crippen LogP contribution in [0.5, 0.6) is 11.5 Å². The lowest BCUT2D eigenvalue weighted by Gasteiger charge is -2.31. The lowest BCUT2D eigenvalue weighted by atomic mass is 9.98. The van der Waals surface area contributed by atoms with Gasteiger partial charge in [-0.1, -0.05) is 6.07 Å². The van der Waals surface area contributed by atoms with E-state index in [-0.39, 0.29) is 43.1 Å². The van der Waals surface area contributed by atoms with Gasteiger partial charge in [-0.25, -0.2) is 12.8 Å². The molecule has 2 aliphatic heterocycles. The fraction of sp³-hybridized carbons (Fsp3) is 0.391. The molecule has 0 aromatic heterocycles. The molecule has 4 rings (SSSR count). The largest absolute Gasteiger partial charge is 0.454 e. The number of sulfonamides is 1. The quantitative estimate of drug-likeness (QED) is 0.610. The van der Waals surface area contributed by atoms with Gasteiger partial charge in [-0.3, -0.25) is 9.59 Å². The third-order valence-corrected chi connectivity index (χ3v) is 7.74. The van der Waals surface area contributed by atoms with Crippen molar-refractivity contribution in [3.05, 3.63) is 53.8 Å². The molecule has 0 saturated carbocycles. The Kier molecular flexibility index (Phi) is 7.03. The van der Waals surface area contributed by atoms with Gasteiger partial charge in [0.05, 0.1) is 10.8 Å². The molecule has 2 aromatic carbocycles. The van der Waals surface area contributed by atoms with E-state index in [2.05, 4.69) is 10.6 Å². The minimum Gasteiger partial charge on any atom is -0.454 e. The minimum absolute atomic E-state index is 0.00290. The number of hydrogen-bond donors (Lipinski definition) is 2. The number of rotatable bonds is 7. The number of carbonyl (C=O) groups is 2. The summed E-state index contributed by atoms with van der Waals surface area (Å²) in [7, 11) is -3.85. The highest BCUT2D eigenvalue weighted by Gasteiger charge is 2.34. The van der Waals surface area contributed by atoms with Crippen molar-refractivity contribution in [3.8, 4) is 11.5 Å². The van der Waals surface area contributed by atoms with Gasteiger partial charge in [0.15, 0.2) is 11.5 Å². The molecule has 0 unspecified atom stereocenters. The van der Waals surface area contributed by atoms with E-state index < -0.39 is 27.8 Å². The van der Waals surface area contributed by atoms with E-state index in [0.717, 1.165) is 17.7 Å². The molecular weight excluding hydrogens is 465 g/mol. The van der Waals surface area contributed by atoms with Crippen LogP contribution in [0, 0.1) is 11.7 Å². The van der Waals surface area contributed by atoms with Crippen molar-refractivity contribution >= 4 is 21.8 Å². The average molecular weight is 492 g/mol. The van der Waals surface area contributed by atoms with Gasteiger partial charge in [-0.15, -0.1) is 0 Å². The average Bonchev–Trinajstić information content (AvgIpc) is 3.30. The fourth-order valence-electron chi connectivity index (χ4n) is 3.92. The summed E-state index contributed by atoms with van der Waals surface area (Å²) in [6, 6.07) is 9.16. The maximum Gasteiger partial charge on any atom is 0.243 e. The van der Waals surface area contributed by atoms with E-state index in [1.165, 1.54) is 16.4 Å². The van der Waals surface area contributed by atoms with Crippen molar-refractivity contribution in [1.82, 2.24) is 14.9 Å². The van der Waals surface area contributed by atoms with E-state index in [1.54, 1.807) is 19.1 Å². The van der Waals surface area contributed by atoms with Gasteiger partial charge >= 0.3 is 0 Å². The summed E-state index contributed by atoms with van der Waals surface area (Å²) in [5.41, 5.74) is 0.824. The normalized spacial score (nSPS) is 18.8. The first-order valence-corrected chi connectivity index (χ1v) is 12.4. The molecule has 2 heterocycles. The zero-order valence-electron chi connectivity index (χ0n) is 18.6. The number of amides is 2. The molecule has 11 heteroatoms. The molecule has 2 aliphatic rings. The molecule has 2 aromatic rings. The summed E-state index contributed by atoms with van der Waals surface area (Å²) >= 11 is 0. The smallest absolute Gasteiger partial charge is 0.243 e. The van der Waals surface area contributed by atoms with Crippen LogP contribution in [0.1, 0.15) is 25.3 Å². The van der Waals surface area contributed by atoms with Crippen molar-refractivity contribution in [3.63, 3.8) is 0 Å². The first-order chi connectivity index (χ1) is 16.2. The molecule has 34 heavy (non-hydrogen) atoms. The highest BCUT2D eigenvalue weighted by atomic mass is 32.2. The number of hydrogen-bond acceptors (Lipinski definition) is 6. The summed E-state index contributed by atoms with van der Waals surface area (Å²) in [4.78, 5) is 25.2. The predicted octanol–water partition coefficient (Wildman–Crippen LogP) is 1.78. The van der Waals surface area contributed by atoms with Crippen molar-refractivity contribution in [2.45, 2.75) is 37.2 Å². The standard InChI is InChI=1S/C23H26FN3O6S/c1-15(22(28)25-12-16-4-9-20-21(11-16)33-14-32-20)26-23(29)17-3-2-10-27(13-17)34(30,31)19-7-5-18(24)6-8-19/h4-9,11,15,17H,2-3,10,12-14H2,1H3,(H,25,28)(H,26,29)/t15-,17-/m0/s1. The maximum atomic E-state index is 13.2. The van der Waals surface area contributed by atoms with Gasteiger partial charge in [-0.2, -0.15) is 4.31 Å². The van der Waals surface area contributed by atoms with Crippen molar-refractivity contribution in [2.75, 3.05) is 19.9 Å². The summed E-state index contributed by atoms with van der Waals surface area (Å²) in [5, 5.41) is 5.45. The number of nitrogens with zero attached hydrogens (tertiary/aromatic N) is 1. The second-order valence-electron chi connectivity index (χ2n) is 8.29. The molecule has 1 saturated heterocycles. The van der Waals surface area contributed by atoms with E-state index >= 15 is 0 Å². The van der Waals surface area contributed by atoms with E-state index in [1.807, 2.05) is 6.07 Å². The van der Waals surface area contributed by atoms with Crippen LogP contribution in [0.3, 0.4) is 0 Å².